The second-order valence-electron chi connectivity index (χ2n) is 6.38. The maximum absolute atomic E-state index is 3.67. The van der Waals surface area contributed by atoms with Crippen LogP contribution in [0.4, 0.5) is 0 Å². The first-order valence-corrected chi connectivity index (χ1v) is 9.58. The molecule has 4 rings (SSSR count). The number of hydrogen-bond donors (Lipinski definition) is 0. The van der Waals surface area contributed by atoms with Gasteiger partial charge in [0.1, 0.15) is 5.54 Å². The fourth-order valence-corrected chi connectivity index (χ4v) is 4.23. The van der Waals surface area contributed by atoms with Gasteiger partial charge in [-0.2, -0.15) is 0 Å². The first-order chi connectivity index (χ1) is 12.8. The van der Waals surface area contributed by atoms with Crippen molar-refractivity contribution in [3.8, 4) is 0 Å². The summed E-state index contributed by atoms with van der Waals surface area (Å²) >= 11 is 3.67. The highest BCUT2D eigenvalue weighted by atomic mass is 79.9. The minimum atomic E-state index is -0.395. The van der Waals surface area contributed by atoms with Crippen molar-refractivity contribution >= 4 is 15.9 Å². The molecule has 26 heavy (non-hydrogen) atoms. The van der Waals surface area contributed by atoms with E-state index < -0.39 is 5.54 Å². The average Bonchev–Trinajstić information content (AvgIpc) is 2.71. The maximum Gasteiger partial charge on any atom is 0.116 e. The van der Waals surface area contributed by atoms with E-state index in [1.807, 2.05) is 0 Å². The van der Waals surface area contributed by atoms with Crippen molar-refractivity contribution in [2.75, 3.05) is 6.54 Å². The molecule has 1 aliphatic heterocycles. The summed E-state index contributed by atoms with van der Waals surface area (Å²) in [5, 5.41) is 0. The van der Waals surface area contributed by atoms with Gasteiger partial charge in [0.15, 0.2) is 0 Å². The summed E-state index contributed by atoms with van der Waals surface area (Å²) in [6.07, 6.45) is 6.52. The molecule has 1 heterocycles. The monoisotopic (exact) mass is 401 g/mol. The van der Waals surface area contributed by atoms with Gasteiger partial charge in [0, 0.05) is 17.2 Å². The zero-order valence-corrected chi connectivity index (χ0v) is 16.0. The normalized spacial score (nSPS) is 14.2. The number of rotatable bonds is 4. The molecule has 128 valence electrons. The number of allylic oxidation sites excluding steroid dienone is 2. The summed E-state index contributed by atoms with van der Waals surface area (Å²) in [5.74, 6) is 0. The molecule has 3 aromatic carbocycles. The lowest BCUT2D eigenvalue weighted by atomic mass is 9.75. The third-order valence-corrected chi connectivity index (χ3v) is 5.33. The predicted molar refractivity (Wildman–Crippen MR) is 112 cm³/mol. The molecule has 0 radical (unpaired) electrons. The molecule has 1 aliphatic rings. The summed E-state index contributed by atoms with van der Waals surface area (Å²) in [5.41, 5.74) is 3.37. The third-order valence-electron chi connectivity index (χ3n) is 4.86. The lowest BCUT2D eigenvalue weighted by molar-refractivity contribution is 0.252. The van der Waals surface area contributed by atoms with E-state index in [2.05, 4.69) is 130 Å². The van der Waals surface area contributed by atoms with E-state index in [-0.39, 0.29) is 0 Å². The van der Waals surface area contributed by atoms with Gasteiger partial charge < -0.3 is 4.90 Å². The van der Waals surface area contributed by atoms with Crippen LogP contribution in [-0.2, 0) is 5.54 Å². The van der Waals surface area contributed by atoms with Gasteiger partial charge in [0.05, 0.1) is 0 Å². The van der Waals surface area contributed by atoms with Crippen LogP contribution in [0.25, 0.3) is 0 Å². The Labute approximate surface area is 163 Å². The molecule has 0 amide bonds. The minimum Gasteiger partial charge on any atom is -0.355 e. The SMILES string of the molecule is BrC1=CN(C(c2ccccc2)(c2ccccc2)c2ccccc2)CC=C1. The lowest BCUT2D eigenvalue weighted by Gasteiger charge is -2.45. The molecule has 0 fully saturated rings. The quantitative estimate of drug-likeness (QED) is 0.478. The van der Waals surface area contributed by atoms with Crippen molar-refractivity contribution in [3.63, 3.8) is 0 Å². The molecular weight excluding hydrogens is 382 g/mol. The fourth-order valence-electron chi connectivity index (χ4n) is 3.79. The summed E-state index contributed by atoms with van der Waals surface area (Å²) < 4.78 is 1.08. The highest BCUT2D eigenvalue weighted by Crippen LogP contribution is 2.43. The van der Waals surface area contributed by atoms with Crippen LogP contribution in [0, 0.1) is 0 Å². The van der Waals surface area contributed by atoms with Crippen molar-refractivity contribution < 1.29 is 0 Å². The Bertz CT molecular complexity index is 818. The Balaban J connectivity index is 2.06. The van der Waals surface area contributed by atoms with Crippen LogP contribution in [0.1, 0.15) is 16.7 Å². The average molecular weight is 402 g/mol. The standard InChI is InChI=1S/C24H20BrN/c25-23-17-10-18-26(19-23)24(20-11-4-1-5-12-20,21-13-6-2-7-14-21)22-15-8-3-9-16-22/h1-17,19H,18H2. The van der Waals surface area contributed by atoms with Crippen LogP contribution in [0.15, 0.2) is 114 Å². The lowest BCUT2D eigenvalue weighted by Crippen LogP contribution is -2.46. The highest BCUT2D eigenvalue weighted by Gasteiger charge is 2.41. The molecule has 0 spiro atoms. The smallest absolute Gasteiger partial charge is 0.116 e. The van der Waals surface area contributed by atoms with Gasteiger partial charge in [-0.05, 0) is 38.7 Å². The Morgan fingerprint density at radius 2 is 1.08 bits per heavy atom. The van der Waals surface area contributed by atoms with Gasteiger partial charge in [0.2, 0.25) is 0 Å². The van der Waals surface area contributed by atoms with Crippen molar-refractivity contribution in [2.24, 2.45) is 0 Å². The summed E-state index contributed by atoms with van der Waals surface area (Å²) in [7, 11) is 0. The van der Waals surface area contributed by atoms with Crippen LogP contribution >= 0.6 is 15.9 Å². The highest BCUT2D eigenvalue weighted by molar-refractivity contribution is 9.11. The Morgan fingerprint density at radius 3 is 1.46 bits per heavy atom. The topological polar surface area (TPSA) is 3.24 Å². The molecule has 0 saturated heterocycles. The van der Waals surface area contributed by atoms with E-state index in [0.29, 0.717) is 0 Å². The summed E-state index contributed by atoms with van der Waals surface area (Å²) in [6.45, 7) is 0.841. The first kappa shape index (κ1) is 16.9. The van der Waals surface area contributed by atoms with Crippen LogP contribution in [0.2, 0.25) is 0 Å². The van der Waals surface area contributed by atoms with Crippen LogP contribution in [0.3, 0.4) is 0 Å². The molecule has 0 unspecified atom stereocenters. The van der Waals surface area contributed by atoms with E-state index in [1.165, 1.54) is 16.7 Å². The van der Waals surface area contributed by atoms with Crippen LogP contribution in [0.5, 0.6) is 0 Å². The van der Waals surface area contributed by atoms with E-state index in [1.54, 1.807) is 0 Å². The van der Waals surface area contributed by atoms with E-state index in [9.17, 15) is 0 Å². The third kappa shape index (κ3) is 2.91. The molecule has 3 aromatic rings. The second kappa shape index (κ2) is 7.35. The van der Waals surface area contributed by atoms with Crippen molar-refractivity contribution in [1.82, 2.24) is 4.90 Å². The van der Waals surface area contributed by atoms with Crippen LogP contribution < -0.4 is 0 Å². The second-order valence-corrected chi connectivity index (χ2v) is 7.29. The molecule has 0 saturated carbocycles. The van der Waals surface area contributed by atoms with Gasteiger partial charge in [-0.15, -0.1) is 0 Å². The number of benzene rings is 3. The number of nitrogens with zero attached hydrogens (tertiary/aromatic N) is 1. The maximum atomic E-state index is 3.67. The van der Waals surface area contributed by atoms with Gasteiger partial charge in [-0.25, -0.2) is 0 Å². The summed E-state index contributed by atoms with van der Waals surface area (Å²) in [4.78, 5) is 2.41. The molecule has 2 heteroatoms. The molecule has 0 N–H and O–H groups in total. The molecule has 1 nitrogen and oxygen atoms in total. The molecule has 0 aromatic heterocycles. The van der Waals surface area contributed by atoms with Gasteiger partial charge in [-0.1, -0.05) is 97.1 Å². The van der Waals surface area contributed by atoms with E-state index >= 15 is 0 Å². The van der Waals surface area contributed by atoms with Gasteiger partial charge in [0.25, 0.3) is 0 Å². The van der Waals surface area contributed by atoms with Crippen LogP contribution in [-0.4, -0.2) is 11.4 Å². The Kier molecular flexibility index (Phi) is 4.77. The Hall–Kier alpha value is -2.58. The van der Waals surface area contributed by atoms with E-state index in [0.717, 1.165) is 11.0 Å². The van der Waals surface area contributed by atoms with Gasteiger partial charge >= 0.3 is 0 Å². The zero-order chi connectivity index (χ0) is 17.8. The minimum absolute atomic E-state index is 0.395. The molecule has 0 bridgehead atoms. The largest absolute Gasteiger partial charge is 0.355 e. The first-order valence-electron chi connectivity index (χ1n) is 8.79. The van der Waals surface area contributed by atoms with Crippen molar-refractivity contribution in [2.45, 2.75) is 5.54 Å². The van der Waals surface area contributed by atoms with Crippen molar-refractivity contribution in [3.05, 3.63) is 131 Å². The predicted octanol–water partition coefficient (Wildman–Crippen LogP) is 6.09. The molecular formula is C24H20BrN. The number of halogens is 1. The van der Waals surface area contributed by atoms with Gasteiger partial charge in [-0.3, -0.25) is 0 Å². The molecule has 0 atom stereocenters. The number of hydrogen-bond acceptors (Lipinski definition) is 1. The van der Waals surface area contributed by atoms with E-state index in [4.69, 9.17) is 0 Å². The zero-order valence-electron chi connectivity index (χ0n) is 14.4. The fraction of sp³-hybridized carbons (Fsp3) is 0.0833. The molecule has 0 aliphatic carbocycles. The Morgan fingerprint density at radius 1 is 0.654 bits per heavy atom. The summed E-state index contributed by atoms with van der Waals surface area (Å²) in [6, 6.07) is 32.3. The van der Waals surface area contributed by atoms with Crippen molar-refractivity contribution in [1.29, 1.82) is 0 Å².